The normalized spacial score (nSPS) is 15.0. The summed E-state index contributed by atoms with van der Waals surface area (Å²) < 4.78 is 6.78. The summed E-state index contributed by atoms with van der Waals surface area (Å²) in [6.45, 7) is 0.801. The van der Waals surface area contributed by atoms with Gasteiger partial charge in [-0.15, -0.1) is 0 Å². The molecule has 0 unspecified atom stereocenters. The van der Waals surface area contributed by atoms with E-state index >= 15 is 0 Å². The van der Waals surface area contributed by atoms with Crippen LogP contribution in [0.2, 0.25) is 5.02 Å². The molecule has 1 aromatic carbocycles. The van der Waals surface area contributed by atoms with Gasteiger partial charge in [-0.2, -0.15) is 0 Å². The average Bonchev–Trinajstić information content (AvgIpc) is 3.05. The van der Waals surface area contributed by atoms with Gasteiger partial charge in [-0.25, -0.2) is 0 Å². The monoisotopic (exact) mass is 325 g/mol. The molecule has 0 saturated heterocycles. The van der Waals surface area contributed by atoms with Gasteiger partial charge in [0.1, 0.15) is 11.5 Å². The Morgan fingerprint density at radius 3 is 2.83 bits per heavy atom. The molecule has 1 fully saturated rings. The first-order valence-electron chi connectivity index (χ1n) is 6.00. The average molecular weight is 327 g/mol. The summed E-state index contributed by atoms with van der Waals surface area (Å²) in [5.74, 6) is 1.84. The van der Waals surface area contributed by atoms with Gasteiger partial charge in [0.2, 0.25) is 0 Å². The lowest BCUT2D eigenvalue weighted by Gasteiger charge is -2.02. The second kappa shape index (κ2) is 5.08. The number of hydrogen-bond donors (Lipinski definition) is 1. The van der Waals surface area contributed by atoms with Gasteiger partial charge in [0.15, 0.2) is 0 Å². The van der Waals surface area contributed by atoms with Crippen molar-refractivity contribution < 1.29 is 4.42 Å². The van der Waals surface area contributed by atoms with Crippen LogP contribution in [-0.2, 0) is 6.54 Å². The van der Waals surface area contributed by atoms with E-state index in [4.69, 9.17) is 16.0 Å². The zero-order chi connectivity index (χ0) is 12.5. The predicted octanol–water partition coefficient (Wildman–Crippen LogP) is 4.61. The van der Waals surface area contributed by atoms with Gasteiger partial charge in [-0.3, -0.25) is 0 Å². The van der Waals surface area contributed by atoms with Crippen LogP contribution in [0.5, 0.6) is 0 Å². The second-order valence-corrected chi connectivity index (χ2v) is 5.84. The summed E-state index contributed by atoms with van der Waals surface area (Å²) in [6.07, 6.45) is 2.58. The third-order valence-electron chi connectivity index (χ3n) is 3.00. The predicted molar refractivity (Wildman–Crippen MR) is 76.7 cm³/mol. The van der Waals surface area contributed by atoms with E-state index in [0.717, 1.165) is 28.1 Å². The van der Waals surface area contributed by atoms with E-state index in [0.29, 0.717) is 11.1 Å². The molecule has 0 spiro atoms. The van der Waals surface area contributed by atoms with Crippen molar-refractivity contribution in [3.05, 3.63) is 45.6 Å². The van der Waals surface area contributed by atoms with Crippen LogP contribution in [-0.4, -0.2) is 6.04 Å². The maximum absolute atomic E-state index is 5.93. The lowest BCUT2D eigenvalue weighted by atomic mass is 10.2. The van der Waals surface area contributed by atoms with E-state index in [1.54, 1.807) is 0 Å². The maximum Gasteiger partial charge on any atom is 0.135 e. The van der Waals surface area contributed by atoms with E-state index in [-0.39, 0.29) is 0 Å². The highest BCUT2D eigenvalue weighted by molar-refractivity contribution is 9.10. The Labute approximate surface area is 119 Å². The molecule has 2 aromatic rings. The minimum Gasteiger partial charge on any atom is -0.460 e. The molecular weight excluding hydrogens is 314 g/mol. The molecule has 1 heterocycles. The largest absolute Gasteiger partial charge is 0.460 e. The topological polar surface area (TPSA) is 25.2 Å². The number of hydrogen-bond acceptors (Lipinski definition) is 2. The standard InChI is InChI=1S/C14H13BrClNO/c15-13-7-9(16)1-5-12(13)14-6-4-11(18-14)8-17-10-2-3-10/h1,4-7,10,17H,2-3,8H2. The quantitative estimate of drug-likeness (QED) is 0.887. The van der Waals surface area contributed by atoms with Gasteiger partial charge in [0, 0.05) is 21.1 Å². The molecule has 1 aliphatic carbocycles. The SMILES string of the molecule is Clc1ccc(-c2ccc(CNC3CC3)o2)c(Br)c1. The molecule has 1 aliphatic rings. The number of benzene rings is 1. The Balaban J connectivity index is 1.78. The number of furan rings is 1. The summed E-state index contributed by atoms with van der Waals surface area (Å²) in [6, 6.07) is 10.4. The molecule has 3 rings (SSSR count). The Kier molecular flexibility index (Phi) is 3.46. The molecule has 1 N–H and O–H groups in total. The highest BCUT2D eigenvalue weighted by atomic mass is 79.9. The number of halogens is 2. The molecule has 4 heteroatoms. The molecule has 18 heavy (non-hydrogen) atoms. The fraction of sp³-hybridized carbons (Fsp3) is 0.286. The molecule has 0 aliphatic heterocycles. The first-order chi connectivity index (χ1) is 8.72. The summed E-state index contributed by atoms with van der Waals surface area (Å²) in [4.78, 5) is 0. The van der Waals surface area contributed by atoms with Crippen LogP contribution in [0, 0.1) is 0 Å². The Morgan fingerprint density at radius 2 is 2.11 bits per heavy atom. The molecule has 0 radical (unpaired) electrons. The molecule has 1 aromatic heterocycles. The van der Waals surface area contributed by atoms with Crippen LogP contribution in [0.15, 0.2) is 39.2 Å². The lowest BCUT2D eigenvalue weighted by molar-refractivity contribution is 0.492. The fourth-order valence-electron chi connectivity index (χ4n) is 1.84. The van der Waals surface area contributed by atoms with Crippen molar-refractivity contribution >= 4 is 27.5 Å². The van der Waals surface area contributed by atoms with Crippen molar-refractivity contribution in [2.75, 3.05) is 0 Å². The van der Waals surface area contributed by atoms with Crippen LogP contribution >= 0.6 is 27.5 Å². The van der Waals surface area contributed by atoms with Gasteiger partial charge in [0.05, 0.1) is 6.54 Å². The molecule has 0 bridgehead atoms. The van der Waals surface area contributed by atoms with Gasteiger partial charge in [0.25, 0.3) is 0 Å². The van der Waals surface area contributed by atoms with Crippen LogP contribution in [0.4, 0.5) is 0 Å². The smallest absolute Gasteiger partial charge is 0.135 e. The third-order valence-corrected chi connectivity index (χ3v) is 3.89. The van der Waals surface area contributed by atoms with Crippen LogP contribution < -0.4 is 5.32 Å². The molecule has 0 amide bonds. The maximum atomic E-state index is 5.93. The van der Waals surface area contributed by atoms with Gasteiger partial charge in [-0.1, -0.05) is 11.6 Å². The minimum atomic E-state index is 0.695. The highest BCUT2D eigenvalue weighted by Crippen LogP contribution is 2.32. The van der Waals surface area contributed by atoms with Crippen molar-refractivity contribution in [2.24, 2.45) is 0 Å². The van der Waals surface area contributed by atoms with Crippen molar-refractivity contribution in [3.63, 3.8) is 0 Å². The summed E-state index contributed by atoms with van der Waals surface area (Å²) >= 11 is 9.44. The number of rotatable bonds is 4. The summed E-state index contributed by atoms with van der Waals surface area (Å²) in [5, 5.41) is 4.15. The molecule has 0 atom stereocenters. The van der Waals surface area contributed by atoms with Crippen molar-refractivity contribution in [1.82, 2.24) is 5.32 Å². The fourth-order valence-corrected chi connectivity index (χ4v) is 2.72. The van der Waals surface area contributed by atoms with Gasteiger partial charge in [-0.05, 0) is 59.1 Å². The molecule has 94 valence electrons. The van der Waals surface area contributed by atoms with E-state index in [9.17, 15) is 0 Å². The minimum absolute atomic E-state index is 0.695. The van der Waals surface area contributed by atoms with E-state index in [1.807, 2.05) is 30.3 Å². The molecule has 2 nitrogen and oxygen atoms in total. The molecular formula is C14H13BrClNO. The first-order valence-corrected chi connectivity index (χ1v) is 7.17. The van der Waals surface area contributed by atoms with Crippen LogP contribution in [0.1, 0.15) is 18.6 Å². The van der Waals surface area contributed by atoms with Crippen molar-refractivity contribution in [3.8, 4) is 11.3 Å². The first kappa shape index (κ1) is 12.3. The van der Waals surface area contributed by atoms with Gasteiger partial charge < -0.3 is 9.73 Å². The summed E-state index contributed by atoms with van der Waals surface area (Å²) in [5.41, 5.74) is 1.03. The summed E-state index contributed by atoms with van der Waals surface area (Å²) in [7, 11) is 0. The molecule has 1 saturated carbocycles. The Bertz CT molecular complexity index is 563. The van der Waals surface area contributed by atoms with E-state index in [2.05, 4.69) is 21.2 Å². The number of nitrogens with one attached hydrogen (secondary N) is 1. The Morgan fingerprint density at radius 1 is 1.28 bits per heavy atom. The lowest BCUT2D eigenvalue weighted by Crippen LogP contribution is -2.14. The van der Waals surface area contributed by atoms with E-state index in [1.165, 1.54) is 12.8 Å². The van der Waals surface area contributed by atoms with Crippen LogP contribution in [0.25, 0.3) is 11.3 Å². The Hall–Kier alpha value is -0.770. The second-order valence-electron chi connectivity index (χ2n) is 4.55. The third kappa shape index (κ3) is 2.79. The van der Waals surface area contributed by atoms with Gasteiger partial charge >= 0.3 is 0 Å². The van der Waals surface area contributed by atoms with Crippen molar-refractivity contribution in [1.29, 1.82) is 0 Å². The van der Waals surface area contributed by atoms with E-state index < -0.39 is 0 Å². The highest BCUT2D eigenvalue weighted by Gasteiger charge is 2.20. The zero-order valence-corrected chi connectivity index (χ0v) is 12.1. The van der Waals surface area contributed by atoms with Crippen molar-refractivity contribution in [2.45, 2.75) is 25.4 Å². The van der Waals surface area contributed by atoms with Crippen LogP contribution in [0.3, 0.4) is 0 Å². The zero-order valence-electron chi connectivity index (χ0n) is 9.75.